The second kappa shape index (κ2) is 7.67. The van der Waals surface area contributed by atoms with Gasteiger partial charge in [-0.1, -0.05) is 30.0 Å². The second-order valence-corrected chi connectivity index (χ2v) is 6.59. The molecule has 0 spiro atoms. The SMILES string of the molecule is CCOc1cc(/C=C2/SC(=S)N([C@H](C)C(=O)OC)C2=O)ccc1O. The Hall–Kier alpha value is -2.06. The summed E-state index contributed by atoms with van der Waals surface area (Å²) in [5.74, 6) is -0.518. The van der Waals surface area contributed by atoms with Crippen molar-refractivity contribution in [3.8, 4) is 11.5 Å². The van der Waals surface area contributed by atoms with E-state index in [4.69, 9.17) is 17.0 Å². The van der Waals surface area contributed by atoms with Crippen LogP contribution in [0.5, 0.6) is 11.5 Å². The standard InChI is InChI=1S/C16H17NO5S2/c1-4-22-12-7-10(5-6-11(12)18)8-13-14(19)17(16(23)24-13)9(2)15(20)21-3/h5-9,18H,4H2,1-3H3/b13-8+/t9-/m1/s1. The number of phenols is 1. The number of aromatic hydroxyl groups is 1. The van der Waals surface area contributed by atoms with Crippen LogP contribution in [0.25, 0.3) is 6.08 Å². The molecule has 1 N–H and O–H groups in total. The van der Waals surface area contributed by atoms with Gasteiger partial charge in [-0.2, -0.15) is 0 Å². The van der Waals surface area contributed by atoms with Gasteiger partial charge < -0.3 is 14.6 Å². The highest BCUT2D eigenvalue weighted by molar-refractivity contribution is 8.26. The molecule has 0 saturated carbocycles. The normalized spacial score (nSPS) is 17.3. The Morgan fingerprint density at radius 1 is 1.50 bits per heavy atom. The van der Waals surface area contributed by atoms with Gasteiger partial charge in [-0.05, 0) is 37.6 Å². The Bertz CT molecular complexity index is 716. The number of ether oxygens (including phenoxy) is 2. The molecule has 1 aromatic carbocycles. The van der Waals surface area contributed by atoms with Crippen LogP contribution in [0.1, 0.15) is 19.4 Å². The fourth-order valence-corrected chi connectivity index (χ4v) is 3.55. The summed E-state index contributed by atoms with van der Waals surface area (Å²) < 4.78 is 10.3. The molecule has 1 saturated heterocycles. The van der Waals surface area contributed by atoms with Crippen LogP contribution in [0.3, 0.4) is 0 Å². The van der Waals surface area contributed by atoms with E-state index in [1.807, 2.05) is 6.92 Å². The van der Waals surface area contributed by atoms with E-state index in [0.29, 0.717) is 27.1 Å². The smallest absolute Gasteiger partial charge is 0.328 e. The van der Waals surface area contributed by atoms with Crippen LogP contribution in [0.15, 0.2) is 23.1 Å². The van der Waals surface area contributed by atoms with Crippen LogP contribution in [-0.2, 0) is 14.3 Å². The third-order valence-corrected chi connectivity index (χ3v) is 4.67. The maximum Gasteiger partial charge on any atom is 0.328 e. The van der Waals surface area contributed by atoms with Crippen LogP contribution in [-0.4, -0.2) is 46.0 Å². The minimum absolute atomic E-state index is 0.0286. The topological polar surface area (TPSA) is 76.1 Å². The maximum atomic E-state index is 12.5. The van der Waals surface area contributed by atoms with Gasteiger partial charge in [0.05, 0.1) is 18.6 Å². The average Bonchev–Trinajstić information content (AvgIpc) is 2.83. The van der Waals surface area contributed by atoms with Crippen molar-refractivity contribution in [1.82, 2.24) is 4.90 Å². The van der Waals surface area contributed by atoms with E-state index >= 15 is 0 Å². The lowest BCUT2D eigenvalue weighted by Gasteiger charge is -2.20. The third-order valence-electron chi connectivity index (χ3n) is 3.33. The summed E-state index contributed by atoms with van der Waals surface area (Å²) in [4.78, 5) is 25.8. The zero-order valence-electron chi connectivity index (χ0n) is 13.4. The van der Waals surface area contributed by atoms with Gasteiger partial charge in [0.15, 0.2) is 11.5 Å². The van der Waals surface area contributed by atoms with Crippen LogP contribution in [0.2, 0.25) is 0 Å². The molecule has 1 heterocycles. The van der Waals surface area contributed by atoms with Gasteiger partial charge in [0.2, 0.25) is 0 Å². The first-order chi connectivity index (χ1) is 11.4. The molecule has 1 atom stereocenters. The molecule has 1 fully saturated rings. The van der Waals surface area contributed by atoms with Crippen molar-refractivity contribution in [1.29, 1.82) is 0 Å². The quantitative estimate of drug-likeness (QED) is 0.487. The Morgan fingerprint density at radius 2 is 2.21 bits per heavy atom. The van der Waals surface area contributed by atoms with Crippen molar-refractivity contribution in [2.75, 3.05) is 13.7 Å². The molecule has 1 aliphatic rings. The fraction of sp³-hybridized carbons (Fsp3) is 0.312. The minimum Gasteiger partial charge on any atom is -0.504 e. The first kappa shape index (κ1) is 18.3. The molecule has 24 heavy (non-hydrogen) atoms. The van der Waals surface area contributed by atoms with Gasteiger partial charge in [0, 0.05) is 0 Å². The molecule has 2 rings (SSSR count). The highest BCUT2D eigenvalue weighted by Crippen LogP contribution is 2.35. The van der Waals surface area contributed by atoms with Crippen LogP contribution in [0, 0.1) is 0 Å². The Morgan fingerprint density at radius 3 is 2.83 bits per heavy atom. The minimum atomic E-state index is -0.785. The summed E-state index contributed by atoms with van der Waals surface area (Å²) in [6.45, 7) is 3.79. The fourth-order valence-electron chi connectivity index (χ4n) is 2.13. The number of benzene rings is 1. The van der Waals surface area contributed by atoms with Crippen molar-refractivity contribution in [3.63, 3.8) is 0 Å². The number of hydrogen-bond donors (Lipinski definition) is 1. The van der Waals surface area contributed by atoms with Gasteiger partial charge >= 0.3 is 5.97 Å². The summed E-state index contributed by atoms with van der Waals surface area (Å²) in [6, 6.07) is 4.00. The van der Waals surface area contributed by atoms with E-state index < -0.39 is 12.0 Å². The monoisotopic (exact) mass is 367 g/mol. The summed E-state index contributed by atoms with van der Waals surface area (Å²) in [5.41, 5.74) is 0.683. The zero-order chi connectivity index (χ0) is 17.9. The number of carbonyl (C=O) groups excluding carboxylic acids is 2. The van der Waals surface area contributed by atoms with Gasteiger partial charge in [-0.15, -0.1) is 0 Å². The summed E-state index contributed by atoms with van der Waals surface area (Å²) in [5, 5.41) is 9.73. The van der Waals surface area contributed by atoms with Crippen LogP contribution in [0.4, 0.5) is 0 Å². The molecule has 6 nitrogen and oxygen atoms in total. The van der Waals surface area contributed by atoms with E-state index in [1.54, 1.807) is 25.1 Å². The summed E-state index contributed by atoms with van der Waals surface area (Å²) in [6.07, 6.45) is 1.64. The zero-order valence-corrected chi connectivity index (χ0v) is 15.1. The van der Waals surface area contributed by atoms with Gasteiger partial charge in [-0.3, -0.25) is 9.69 Å². The van der Waals surface area contributed by atoms with Crippen molar-refractivity contribution in [2.24, 2.45) is 0 Å². The number of carbonyl (C=O) groups is 2. The largest absolute Gasteiger partial charge is 0.504 e. The first-order valence-corrected chi connectivity index (χ1v) is 8.42. The number of esters is 1. The van der Waals surface area contributed by atoms with Crippen molar-refractivity contribution < 1.29 is 24.2 Å². The van der Waals surface area contributed by atoms with Crippen molar-refractivity contribution in [2.45, 2.75) is 19.9 Å². The molecular formula is C16H17NO5S2. The highest BCUT2D eigenvalue weighted by atomic mass is 32.2. The molecule has 8 heteroatoms. The van der Waals surface area contributed by atoms with Crippen molar-refractivity contribution >= 4 is 46.3 Å². The molecule has 0 aliphatic carbocycles. The Kier molecular flexibility index (Phi) is 5.84. The average molecular weight is 367 g/mol. The van der Waals surface area contributed by atoms with Crippen LogP contribution >= 0.6 is 24.0 Å². The van der Waals surface area contributed by atoms with Gasteiger partial charge in [0.1, 0.15) is 10.4 Å². The molecular weight excluding hydrogens is 350 g/mol. The predicted molar refractivity (Wildman–Crippen MR) is 95.8 cm³/mol. The number of hydrogen-bond acceptors (Lipinski definition) is 7. The van der Waals surface area contributed by atoms with E-state index in [1.165, 1.54) is 18.1 Å². The molecule has 1 aromatic rings. The second-order valence-electron chi connectivity index (χ2n) is 4.91. The Balaban J connectivity index is 2.29. The highest BCUT2D eigenvalue weighted by Gasteiger charge is 2.38. The summed E-state index contributed by atoms with van der Waals surface area (Å²) in [7, 11) is 1.26. The molecule has 1 amide bonds. The molecule has 0 radical (unpaired) electrons. The number of amides is 1. The molecule has 128 valence electrons. The molecule has 0 unspecified atom stereocenters. The van der Waals surface area contributed by atoms with E-state index in [2.05, 4.69) is 4.74 Å². The number of thiocarbonyl (C=S) groups is 1. The number of rotatable bonds is 5. The van der Waals surface area contributed by atoms with E-state index in [9.17, 15) is 14.7 Å². The number of phenolic OH excluding ortho intramolecular Hbond substituents is 1. The first-order valence-electron chi connectivity index (χ1n) is 7.19. The van der Waals surface area contributed by atoms with Gasteiger partial charge in [-0.25, -0.2) is 4.79 Å². The number of thioether (sulfide) groups is 1. The molecule has 1 aliphatic heterocycles. The summed E-state index contributed by atoms with van der Waals surface area (Å²) >= 11 is 6.31. The predicted octanol–water partition coefficient (Wildman–Crippen LogP) is 2.55. The van der Waals surface area contributed by atoms with Gasteiger partial charge in [0.25, 0.3) is 5.91 Å². The van der Waals surface area contributed by atoms with E-state index in [-0.39, 0.29) is 11.7 Å². The lowest BCUT2D eigenvalue weighted by molar-refractivity contribution is -0.147. The van der Waals surface area contributed by atoms with Crippen molar-refractivity contribution in [3.05, 3.63) is 28.7 Å². The number of nitrogens with zero attached hydrogens (tertiary/aromatic N) is 1. The van der Waals surface area contributed by atoms with Crippen LogP contribution < -0.4 is 4.74 Å². The lowest BCUT2D eigenvalue weighted by Crippen LogP contribution is -2.42. The molecule has 0 bridgehead atoms. The lowest BCUT2D eigenvalue weighted by atomic mass is 10.2. The number of methoxy groups -OCH3 is 1. The Labute approximate surface area is 149 Å². The third kappa shape index (κ3) is 3.70. The maximum absolute atomic E-state index is 12.5. The van der Waals surface area contributed by atoms with E-state index in [0.717, 1.165) is 11.8 Å². The molecule has 0 aromatic heterocycles.